The van der Waals surface area contributed by atoms with Crippen molar-refractivity contribution < 1.29 is 0 Å². The molecule has 1 aromatic heterocycles. The van der Waals surface area contributed by atoms with Crippen LogP contribution in [0, 0.1) is 6.92 Å². The molecule has 3 nitrogen and oxygen atoms in total. The number of rotatable bonds is 6. The molecule has 0 aliphatic rings. The van der Waals surface area contributed by atoms with Crippen LogP contribution in [-0.2, 0) is 6.42 Å². The highest BCUT2D eigenvalue weighted by molar-refractivity contribution is 9.10. The molecule has 0 saturated carbocycles. The SMILES string of the molecule is CCCNC(Cc1ccc(Br)cc1)c1ncc(C)cn1. The third-order valence-electron chi connectivity index (χ3n) is 3.11. The summed E-state index contributed by atoms with van der Waals surface area (Å²) < 4.78 is 1.10. The molecule has 1 aromatic carbocycles. The smallest absolute Gasteiger partial charge is 0.145 e. The summed E-state index contributed by atoms with van der Waals surface area (Å²) in [5.41, 5.74) is 2.37. The van der Waals surface area contributed by atoms with Crippen LogP contribution in [0.3, 0.4) is 0 Å². The highest BCUT2D eigenvalue weighted by Gasteiger charge is 2.14. The molecule has 1 atom stereocenters. The maximum absolute atomic E-state index is 4.46. The van der Waals surface area contributed by atoms with Gasteiger partial charge in [-0.2, -0.15) is 0 Å². The lowest BCUT2D eigenvalue weighted by molar-refractivity contribution is 0.504. The number of hydrogen-bond donors (Lipinski definition) is 1. The van der Waals surface area contributed by atoms with Crippen molar-refractivity contribution >= 4 is 15.9 Å². The Morgan fingerprint density at radius 2 is 1.80 bits per heavy atom. The maximum Gasteiger partial charge on any atom is 0.145 e. The lowest BCUT2D eigenvalue weighted by Gasteiger charge is -2.17. The molecule has 1 heterocycles. The molecule has 1 unspecified atom stereocenters. The van der Waals surface area contributed by atoms with Crippen molar-refractivity contribution in [2.75, 3.05) is 6.54 Å². The summed E-state index contributed by atoms with van der Waals surface area (Å²) >= 11 is 3.47. The zero-order valence-corrected chi connectivity index (χ0v) is 13.5. The van der Waals surface area contributed by atoms with Crippen molar-refractivity contribution in [1.82, 2.24) is 15.3 Å². The van der Waals surface area contributed by atoms with Crippen molar-refractivity contribution in [2.45, 2.75) is 32.7 Å². The molecule has 106 valence electrons. The van der Waals surface area contributed by atoms with Crippen molar-refractivity contribution in [1.29, 1.82) is 0 Å². The highest BCUT2D eigenvalue weighted by atomic mass is 79.9. The molecule has 0 aliphatic carbocycles. The van der Waals surface area contributed by atoms with E-state index < -0.39 is 0 Å². The van der Waals surface area contributed by atoms with Crippen LogP contribution in [0.5, 0.6) is 0 Å². The molecular formula is C16H20BrN3. The second-order valence-corrected chi connectivity index (χ2v) is 5.87. The van der Waals surface area contributed by atoms with Gasteiger partial charge in [-0.05, 0) is 49.6 Å². The number of benzene rings is 1. The van der Waals surface area contributed by atoms with Crippen LogP contribution in [0.15, 0.2) is 41.1 Å². The number of aryl methyl sites for hydroxylation is 1. The lowest BCUT2D eigenvalue weighted by atomic mass is 10.1. The van der Waals surface area contributed by atoms with Gasteiger partial charge in [-0.3, -0.25) is 0 Å². The van der Waals surface area contributed by atoms with Gasteiger partial charge < -0.3 is 5.32 Å². The first-order valence-electron chi connectivity index (χ1n) is 6.95. The first kappa shape index (κ1) is 15.1. The van der Waals surface area contributed by atoms with E-state index in [1.807, 2.05) is 19.3 Å². The van der Waals surface area contributed by atoms with Crippen LogP contribution in [0.4, 0.5) is 0 Å². The minimum atomic E-state index is 0.164. The predicted octanol–water partition coefficient (Wildman–Crippen LogP) is 3.83. The Bertz CT molecular complexity index is 522. The Morgan fingerprint density at radius 1 is 1.15 bits per heavy atom. The predicted molar refractivity (Wildman–Crippen MR) is 85.6 cm³/mol. The summed E-state index contributed by atoms with van der Waals surface area (Å²) in [6, 6.07) is 8.58. The average Bonchev–Trinajstić information content (AvgIpc) is 2.46. The third kappa shape index (κ3) is 4.39. The van der Waals surface area contributed by atoms with Crippen LogP contribution >= 0.6 is 15.9 Å². The minimum absolute atomic E-state index is 0.164. The van der Waals surface area contributed by atoms with Gasteiger partial charge in [-0.15, -0.1) is 0 Å². The van der Waals surface area contributed by atoms with E-state index in [9.17, 15) is 0 Å². The molecule has 0 spiro atoms. The minimum Gasteiger partial charge on any atom is -0.307 e. The van der Waals surface area contributed by atoms with Gasteiger partial charge in [0.2, 0.25) is 0 Å². The maximum atomic E-state index is 4.46. The second kappa shape index (κ2) is 7.50. The van der Waals surface area contributed by atoms with Crippen LogP contribution in [-0.4, -0.2) is 16.5 Å². The summed E-state index contributed by atoms with van der Waals surface area (Å²) in [5, 5.41) is 3.53. The molecule has 0 amide bonds. The summed E-state index contributed by atoms with van der Waals surface area (Å²) in [4.78, 5) is 8.92. The summed E-state index contributed by atoms with van der Waals surface area (Å²) in [6.45, 7) is 5.14. The van der Waals surface area contributed by atoms with Gasteiger partial charge >= 0.3 is 0 Å². The Morgan fingerprint density at radius 3 is 2.40 bits per heavy atom. The molecule has 0 bridgehead atoms. The summed E-state index contributed by atoms with van der Waals surface area (Å²) in [6.07, 6.45) is 5.76. The summed E-state index contributed by atoms with van der Waals surface area (Å²) in [7, 11) is 0. The standard InChI is InChI=1S/C16H20BrN3/c1-3-8-18-15(16-19-10-12(2)11-20-16)9-13-4-6-14(17)7-5-13/h4-7,10-11,15,18H,3,8-9H2,1-2H3. The number of nitrogens with one attached hydrogen (secondary N) is 1. The molecule has 2 rings (SSSR count). The van der Waals surface area contributed by atoms with Gasteiger partial charge in [-0.25, -0.2) is 9.97 Å². The Labute approximate surface area is 129 Å². The van der Waals surface area contributed by atoms with Crippen LogP contribution < -0.4 is 5.32 Å². The van der Waals surface area contributed by atoms with E-state index in [0.717, 1.165) is 35.2 Å². The lowest BCUT2D eigenvalue weighted by Crippen LogP contribution is -2.26. The van der Waals surface area contributed by atoms with E-state index in [1.165, 1.54) is 5.56 Å². The zero-order valence-electron chi connectivity index (χ0n) is 11.9. The first-order chi connectivity index (χ1) is 9.69. The van der Waals surface area contributed by atoms with E-state index in [2.05, 4.69) is 62.4 Å². The second-order valence-electron chi connectivity index (χ2n) is 4.96. The molecule has 2 aromatic rings. The van der Waals surface area contributed by atoms with Crippen LogP contribution in [0.25, 0.3) is 0 Å². The van der Waals surface area contributed by atoms with Gasteiger partial charge in [0.05, 0.1) is 6.04 Å². The molecule has 1 N–H and O–H groups in total. The molecule has 0 fully saturated rings. The largest absolute Gasteiger partial charge is 0.307 e. The topological polar surface area (TPSA) is 37.8 Å². The van der Waals surface area contributed by atoms with E-state index in [0.29, 0.717) is 0 Å². The Kier molecular flexibility index (Phi) is 5.68. The fourth-order valence-corrected chi connectivity index (χ4v) is 2.28. The first-order valence-corrected chi connectivity index (χ1v) is 7.74. The third-order valence-corrected chi connectivity index (χ3v) is 3.64. The zero-order chi connectivity index (χ0) is 14.4. The van der Waals surface area contributed by atoms with Gasteiger partial charge in [0.1, 0.15) is 5.82 Å². The van der Waals surface area contributed by atoms with Crippen molar-refractivity contribution in [2.24, 2.45) is 0 Å². The fraction of sp³-hybridized carbons (Fsp3) is 0.375. The molecular weight excluding hydrogens is 314 g/mol. The highest BCUT2D eigenvalue weighted by Crippen LogP contribution is 2.17. The molecule has 4 heteroatoms. The molecule has 20 heavy (non-hydrogen) atoms. The van der Waals surface area contributed by atoms with Crippen LogP contribution in [0.2, 0.25) is 0 Å². The van der Waals surface area contributed by atoms with Gasteiger partial charge in [0.25, 0.3) is 0 Å². The normalized spacial score (nSPS) is 12.3. The van der Waals surface area contributed by atoms with E-state index in [4.69, 9.17) is 0 Å². The Hall–Kier alpha value is -1.26. The number of nitrogens with zero attached hydrogens (tertiary/aromatic N) is 2. The van der Waals surface area contributed by atoms with Gasteiger partial charge in [0, 0.05) is 16.9 Å². The van der Waals surface area contributed by atoms with E-state index in [-0.39, 0.29) is 6.04 Å². The van der Waals surface area contributed by atoms with Crippen molar-refractivity contribution in [3.8, 4) is 0 Å². The fourth-order valence-electron chi connectivity index (χ4n) is 2.01. The monoisotopic (exact) mass is 333 g/mol. The number of aromatic nitrogens is 2. The average molecular weight is 334 g/mol. The van der Waals surface area contributed by atoms with Gasteiger partial charge in [0.15, 0.2) is 0 Å². The molecule has 0 aliphatic heterocycles. The van der Waals surface area contributed by atoms with Gasteiger partial charge in [-0.1, -0.05) is 35.0 Å². The molecule has 0 saturated heterocycles. The van der Waals surface area contributed by atoms with Crippen molar-refractivity contribution in [3.63, 3.8) is 0 Å². The number of halogens is 1. The van der Waals surface area contributed by atoms with Crippen molar-refractivity contribution in [3.05, 3.63) is 58.1 Å². The quantitative estimate of drug-likeness (QED) is 0.872. The van der Waals surface area contributed by atoms with E-state index in [1.54, 1.807) is 0 Å². The van der Waals surface area contributed by atoms with Crippen LogP contribution in [0.1, 0.15) is 36.3 Å². The number of hydrogen-bond acceptors (Lipinski definition) is 3. The Balaban J connectivity index is 2.14. The van der Waals surface area contributed by atoms with E-state index >= 15 is 0 Å². The summed E-state index contributed by atoms with van der Waals surface area (Å²) in [5.74, 6) is 0.868. The molecule has 0 radical (unpaired) electrons.